The molecule has 30 heavy (non-hydrogen) atoms. The molecule has 0 fully saturated rings. The van der Waals surface area contributed by atoms with E-state index in [9.17, 15) is 13.6 Å². The number of rotatable bonds is 8. The van der Waals surface area contributed by atoms with Gasteiger partial charge in [0.25, 0.3) is 0 Å². The van der Waals surface area contributed by atoms with Gasteiger partial charge >= 0.3 is 0 Å². The van der Waals surface area contributed by atoms with Crippen molar-refractivity contribution < 1.29 is 13.6 Å². The second-order valence-electron chi connectivity index (χ2n) is 6.49. The Morgan fingerprint density at radius 3 is 2.30 bits per heavy atom. The zero-order chi connectivity index (χ0) is 21.6. The van der Waals surface area contributed by atoms with Crippen LogP contribution in [-0.2, 0) is 23.1 Å². The molecular formula is C21H21N4O4S-. The minimum atomic E-state index is -3.83. The van der Waals surface area contributed by atoms with Crippen molar-refractivity contribution in [2.75, 3.05) is 12.3 Å². The highest BCUT2D eigenvalue weighted by molar-refractivity contribution is 7.89. The molecule has 0 aliphatic heterocycles. The van der Waals surface area contributed by atoms with Gasteiger partial charge in [-0.05, 0) is 47.5 Å². The normalized spacial score (nSPS) is 11.9. The lowest BCUT2D eigenvalue weighted by atomic mass is 10.2. The average Bonchev–Trinajstić information content (AvgIpc) is 2.75. The third-order valence-corrected chi connectivity index (χ3v) is 6.18. The first kappa shape index (κ1) is 21.6. The molecule has 0 saturated heterocycles. The average molecular weight is 425 g/mol. The van der Waals surface area contributed by atoms with Crippen molar-refractivity contribution in [2.24, 2.45) is 4.99 Å². The molecule has 0 bridgehead atoms. The van der Waals surface area contributed by atoms with Crippen molar-refractivity contribution in [3.63, 3.8) is 0 Å². The minimum Gasteiger partial charge on any atom is -0.733 e. The number of nitrogens with zero attached hydrogens (tertiary/aromatic N) is 4. The van der Waals surface area contributed by atoms with Gasteiger partial charge in [0, 0.05) is 26.0 Å². The molecule has 3 aromatic rings. The van der Waals surface area contributed by atoms with Crippen LogP contribution in [0.2, 0.25) is 0 Å². The van der Waals surface area contributed by atoms with Gasteiger partial charge in [-0.15, -0.1) is 0 Å². The summed E-state index contributed by atoms with van der Waals surface area (Å²) in [5, 5.41) is 19.7. The fourth-order valence-corrected chi connectivity index (χ4v) is 4.25. The van der Waals surface area contributed by atoms with Crippen LogP contribution in [0.25, 0.3) is 0 Å². The summed E-state index contributed by atoms with van der Waals surface area (Å²) in [6.45, 7) is 0.151. The topological polar surface area (TPSA) is 109 Å². The maximum absolute atomic E-state index is 13.4. The second kappa shape index (κ2) is 9.59. The summed E-state index contributed by atoms with van der Waals surface area (Å²) in [5.74, 6) is 0. The highest BCUT2D eigenvalue weighted by Crippen LogP contribution is 2.22. The van der Waals surface area contributed by atoms with Gasteiger partial charge in [-0.25, -0.2) is 8.42 Å². The molecule has 0 amide bonds. The van der Waals surface area contributed by atoms with Crippen LogP contribution in [0.1, 0.15) is 16.8 Å². The Hall–Kier alpha value is -3.11. The zero-order valence-corrected chi connectivity index (χ0v) is 17.1. The predicted octanol–water partition coefficient (Wildman–Crippen LogP) is 3.21. The van der Waals surface area contributed by atoms with Crippen molar-refractivity contribution in [3.05, 3.63) is 95.0 Å². The molecule has 0 saturated carbocycles. The van der Waals surface area contributed by atoms with E-state index in [1.807, 2.05) is 0 Å². The summed E-state index contributed by atoms with van der Waals surface area (Å²) < 4.78 is 28.0. The van der Waals surface area contributed by atoms with E-state index in [0.29, 0.717) is 11.3 Å². The molecule has 0 aliphatic carbocycles. The molecule has 0 unspecified atom stereocenters. The highest BCUT2D eigenvalue weighted by Gasteiger charge is 2.25. The van der Waals surface area contributed by atoms with E-state index in [1.54, 1.807) is 74.1 Å². The van der Waals surface area contributed by atoms with Crippen LogP contribution in [0.4, 0.5) is 5.69 Å². The van der Waals surface area contributed by atoms with Gasteiger partial charge in [-0.1, -0.05) is 30.3 Å². The van der Waals surface area contributed by atoms with E-state index in [-0.39, 0.29) is 28.9 Å². The smallest absolute Gasteiger partial charge is 0.243 e. The molecule has 8 nitrogen and oxygen atoms in total. The van der Waals surface area contributed by atoms with Gasteiger partial charge in [0.2, 0.25) is 10.0 Å². The van der Waals surface area contributed by atoms with E-state index in [1.165, 1.54) is 16.4 Å². The van der Waals surface area contributed by atoms with E-state index in [2.05, 4.69) is 9.98 Å². The first-order valence-corrected chi connectivity index (χ1v) is 10.5. The molecule has 1 N–H and O–H groups in total. The molecule has 3 rings (SSSR count). The summed E-state index contributed by atoms with van der Waals surface area (Å²) in [4.78, 5) is 8.32. The van der Waals surface area contributed by atoms with Crippen molar-refractivity contribution in [2.45, 2.75) is 18.0 Å². The number of hydrogen-bond acceptors (Lipinski definition) is 7. The molecule has 2 aromatic carbocycles. The molecule has 0 radical (unpaired) electrons. The Bertz CT molecular complexity index is 1080. The van der Waals surface area contributed by atoms with Crippen LogP contribution < -0.4 is 5.23 Å². The zero-order valence-electron chi connectivity index (χ0n) is 16.3. The van der Waals surface area contributed by atoms with Gasteiger partial charge in [0.1, 0.15) is 0 Å². The van der Waals surface area contributed by atoms with Crippen LogP contribution in [0.15, 0.2) is 82.8 Å². The Morgan fingerprint density at radius 2 is 1.73 bits per heavy atom. The SMILES string of the molecule is CN=Cc1ccc(S(=O)(=O)N(Cc2ccc(N([O-])O)cc2)Cc2ccccn2)cc1. The van der Waals surface area contributed by atoms with E-state index < -0.39 is 10.0 Å². The van der Waals surface area contributed by atoms with Gasteiger partial charge in [0.15, 0.2) is 0 Å². The van der Waals surface area contributed by atoms with Crippen LogP contribution >= 0.6 is 0 Å². The third-order valence-electron chi connectivity index (χ3n) is 4.38. The second-order valence-corrected chi connectivity index (χ2v) is 8.43. The lowest BCUT2D eigenvalue weighted by Crippen LogP contribution is -2.30. The summed E-state index contributed by atoms with van der Waals surface area (Å²) in [6.07, 6.45) is 3.25. The fraction of sp³-hybridized carbons (Fsp3) is 0.143. The summed E-state index contributed by atoms with van der Waals surface area (Å²) in [5.41, 5.74) is 2.13. The van der Waals surface area contributed by atoms with Gasteiger partial charge in [-0.3, -0.25) is 15.2 Å². The molecular weight excluding hydrogens is 404 g/mol. The number of anilines is 1. The molecule has 0 spiro atoms. The monoisotopic (exact) mass is 425 g/mol. The van der Waals surface area contributed by atoms with Crippen molar-refractivity contribution in [3.8, 4) is 0 Å². The van der Waals surface area contributed by atoms with Crippen LogP contribution in [0.3, 0.4) is 0 Å². The van der Waals surface area contributed by atoms with Gasteiger partial charge in [-0.2, -0.15) is 4.31 Å². The number of aromatic nitrogens is 1. The summed E-state index contributed by atoms with van der Waals surface area (Å²) >= 11 is 0. The van der Waals surface area contributed by atoms with Crippen LogP contribution in [-0.4, -0.2) is 36.2 Å². The number of benzene rings is 2. The molecule has 0 aliphatic rings. The Morgan fingerprint density at radius 1 is 1.03 bits per heavy atom. The van der Waals surface area contributed by atoms with Gasteiger partial charge in [0.05, 0.1) is 22.8 Å². The quantitative estimate of drug-likeness (QED) is 0.438. The molecule has 1 aromatic heterocycles. The number of sulfonamides is 1. The lowest BCUT2D eigenvalue weighted by molar-refractivity contribution is 0.296. The van der Waals surface area contributed by atoms with Crippen LogP contribution in [0.5, 0.6) is 0 Å². The van der Waals surface area contributed by atoms with Gasteiger partial charge < -0.3 is 10.4 Å². The van der Waals surface area contributed by atoms with E-state index >= 15 is 0 Å². The van der Waals surface area contributed by atoms with Crippen molar-refractivity contribution in [1.82, 2.24) is 9.29 Å². The van der Waals surface area contributed by atoms with E-state index in [0.717, 1.165) is 5.56 Å². The predicted molar refractivity (Wildman–Crippen MR) is 115 cm³/mol. The number of pyridine rings is 1. The lowest BCUT2D eigenvalue weighted by Gasteiger charge is -2.24. The maximum atomic E-state index is 13.4. The maximum Gasteiger partial charge on any atom is 0.243 e. The molecule has 1 heterocycles. The first-order valence-electron chi connectivity index (χ1n) is 9.07. The summed E-state index contributed by atoms with van der Waals surface area (Å²) in [6, 6.07) is 17.8. The summed E-state index contributed by atoms with van der Waals surface area (Å²) in [7, 11) is -2.18. The number of aliphatic imine (C=N–C) groups is 1. The van der Waals surface area contributed by atoms with Crippen molar-refractivity contribution in [1.29, 1.82) is 0 Å². The molecule has 9 heteroatoms. The largest absolute Gasteiger partial charge is 0.733 e. The number of hydrogen-bond donors (Lipinski definition) is 1. The van der Waals surface area contributed by atoms with E-state index in [4.69, 9.17) is 5.21 Å². The Balaban J connectivity index is 1.93. The third kappa shape index (κ3) is 5.28. The van der Waals surface area contributed by atoms with Crippen LogP contribution in [0, 0.1) is 5.21 Å². The fourth-order valence-electron chi connectivity index (χ4n) is 2.85. The Labute approximate surface area is 175 Å². The highest BCUT2D eigenvalue weighted by atomic mass is 32.2. The molecule has 156 valence electrons. The molecule has 0 atom stereocenters. The standard InChI is InChI=1S/C21H21N4O4S/c1-22-14-17-7-11-21(12-8-17)30(28,29)24(16-19-4-2-3-13-23-19)15-18-5-9-20(10-6-18)25(26)27/h2-14,26H,15-16H2,1H3/q-1. The van der Waals surface area contributed by atoms with Crippen molar-refractivity contribution >= 4 is 21.9 Å². The Kier molecular flexibility index (Phi) is 6.91. The first-order chi connectivity index (χ1) is 14.4. The minimum absolute atomic E-state index is 0.0612.